The van der Waals surface area contributed by atoms with Crippen LogP contribution in [0, 0.1) is 0 Å². The minimum Gasteiger partial charge on any atom is -0.357 e. The van der Waals surface area contributed by atoms with Gasteiger partial charge in [0.15, 0.2) is 4.32 Å². The van der Waals surface area contributed by atoms with Crippen LogP contribution in [0.2, 0.25) is 0 Å². The zero-order chi connectivity index (χ0) is 12.9. The fraction of sp³-hybridized carbons (Fsp3) is 0.364. The molecule has 1 aromatic carbocycles. The molecule has 0 aliphatic heterocycles. The third kappa shape index (κ3) is 3.97. The quantitative estimate of drug-likeness (QED) is 0.629. The van der Waals surface area contributed by atoms with Crippen molar-refractivity contribution in [3.63, 3.8) is 0 Å². The zero-order valence-electron chi connectivity index (χ0n) is 9.79. The highest BCUT2D eigenvalue weighted by atomic mass is 33.1. The van der Waals surface area contributed by atoms with Gasteiger partial charge in [0, 0.05) is 23.9 Å². The molecule has 0 fully saturated rings. The van der Waals surface area contributed by atoms with Gasteiger partial charge >= 0.3 is 0 Å². The van der Waals surface area contributed by atoms with Gasteiger partial charge in [0.25, 0.3) is 0 Å². The largest absolute Gasteiger partial charge is 0.357 e. The van der Waals surface area contributed by atoms with Crippen molar-refractivity contribution in [1.82, 2.24) is 4.90 Å². The summed E-state index contributed by atoms with van der Waals surface area (Å²) in [6.07, 6.45) is 0. The Kier molecular flexibility index (Phi) is 5.42. The minimum absolute atomic E-state index is 0.291. The van der Waals surface area contributed by atoms with Crippen molar-refractivity contribution in [2.24, 2.45) is 0 Å². The summed E-state index contributed by atoms with van der Waals surface area (Å²) in [5, 5.41) is 0. The van der Waals surface area contributed by atoms with E-state index in [0.717, 1.165) is 10.8 Å². The van der Waals surface area contributed by atoms with E-state index in [0.29, 0.717) is 22.3 Å². The second-order valence-electron chi connectivity index (χ2n) is 3.29. The molecular weight excluding hydrogens is 274 g/mol. The third-order valence-electron chi connectivity index (χ3n) is 2.23. The van der Waals surface area contributed by atoms with Gasteiger partial charge in [0.1, 0.15) is 0 Å². The Morgan fingerprint density at radius 2 is 1.76 bits per heavy atom. The minimum atomic E-state index is -3.39. The highest BCUT2D eigenvalue weighted by Crippen LogP contribution is 2.25. The molecule has 1 rings (SSSR count). The van der Waals surface area contributed by atoms with Crippen LogP contribution in [0.3, 0.4) is 0 Å². The molecule has 1 aromatic rings. The topological polar surface area (TPSA) is 37.4 Å². The van der Waals surface area contributed by atoms with Crippen LogP contribution in [-0.4, -0.2) is 30.7 Å². The predicted octanol–water partition coefficient (Wildman–Crippen LogP) is 2.74. The van der Waals surface area contributed by atoms with Crippen molar-refractivity contribution in [3.05, 3.63) is 30.3 Å². The molecule has 0 spiro atoms. The molecule has 0 N–H and O–H groups in total. The standard InChI is InChI=1S/C11H15NO2S3/c1-3-12(4-2)11(15)16-17(13,14)10-8-6-5-7-9-10/h5-9H,3-4H2,1-2H3. The Labute approximate surface area is 112 Å². The Hall–Kier alpha value is -0.590. The molecule has 0 heterocycles. The first-order chi connectivity index (χ1) is 8.01. The number of thiocarbonyl (C=S) groups is 1. The van der Waals surface area contributed by atoms with Crippen LogP contribution in [0.25, 0.3) is 0 Å². The lowest BCUT2D eigenvalue weighted by atomic mass is 10.4. The summed E-state index contributed by atoms with van der Waals surface area (Å²) in [7, 11) is -2.65. The highest BCUT2D eigenvalue weighted by Gasteiger charge is 2.20. The van der Waals surface area contributed by atoms with E-state index in [-0.39, 0.29) is 0 Å². The Balaban J connectivity index is 2.85. The summed E-state index contributed by atoms with van der Waals surface area (Å²) in [5.74, 6) is 0. The van der Waals surface area contributed by atoms with Gasteiger partial charge in [-0.05, 0) is 26.0 Å². The van der Waals surface area contributed by atoms with Crippen molar-refractivity contribution < 1.29 is 8.42 Å². The van der Waals surface area contributed by atoms with Crippen molar-refractivity contribution in [2.45, 2.75) is 18.7 Å². The highest BCUT2D eigenvalue weighted by molar-refractivity contribution is 8.79. The van der Waals surface area contributed by atoms with Gasteiger partial charge in [0.05, 0.1) is 4.90 Å². The zero-order valence-corrected chi connectivity index (χ0v) is 12.2. The van der Waals surface area contributed by atoms with E-state index >= 15 is 0 Å². The van der Waals surface area contributed by atoms with E-state index < -0.39 is 8.87 Å². The van der Waals surface area contributed by atoms with Crippen molar-refractivity contribution in [1.29, 1.82) is 0 Å². The maximum Gasteiger partial charge on any atom is 0.236 e. The van der Waals surface area contributed by atoms with Crippen LogP contribution in [0.5, 0.6) is 0 Å². The van der Waals surface area contributed by atoms with Crippen molar-refractivity contribution >= 4 is 36.2 Å². The number of hydrogen-bond acceptors (Lipinski definition) is 4. The molecule has 94 valence electrons. The van der Waals surface area contributed by atoms with Crippen LogP contribution < -0.4 is 0 Å². The Morgan fingerprint density at radius 3 is 2.24 bits per heavy atom. The van der Waals surface area contributed by atoms with Gasteiger partial charge in [-0.2, -0.15) is 0 Å². The Morgan fingerprint density at radius 1 is 1.24 bits per heavy atom. The van der Waals surface area contributed by atoms with E-state index in [4.69, 9.17) is 12.2 Å². The molecule has 0 aromatic heterocycles. The molecule has 0 radical (unpaired) electrons. The first-order valence-corrected chi connectivity index (χ1v) is 8.52. The average Bonchev–Trinajstić information content (AvgIpc) is 2.31. The van der Waals surface area contributed by atoms with E-state index in [1.807, 2.05) is 18.7 Å². The van der Waals surface area contributed by atoms with Crippen LogP contribution in [0.4, 0.5) is 0 Å². The SMILES string of the molecule is CCN(CC)C(=S)SS(=O)(=O)c1ccccc1. The number of nitrogens with zero attached hydrogens (tertiary/aromatic N) is 1. The molecule has 0 saturated carbocycles. The lowest BCUT2D eigenvalue weighted by Crippen LogP contribution is -2.27. The van der Waals surface area contributed by atoms with Crippen molar-refractivity contribution in [2.75, 3.05) is 13.1 Å². The normalized spacial score (nSPS) is 11.2. The van der Waals surface area contributed by atoms with E-state index in [1.165, 1.54) is 0 Å². The van der Waals surface area contributed by atoms with E-state index in [1.54, 1.807) is 30.3 Å². The molecule has 0 amide bonds. The van der Waals surface area contributed by atoms with E-state index in [2.05, 4.69) is 0 Å². The maximum atomic E-state index is 12.0. The Bertz CT molecular complexity index is 467. The molecule has 0 aliphatic rings. The maximum absolute atomic E-state index is 12.0. The third-order valence-corrected chi connectivity index (χ3v) is 6.24. The summed E-state index contributed by atoms with van der Waals surface area (Å²) in [4.78, 5) is 2.14. The van der Waals surface area contributed by atoms with Gasteiger partial charge in [-0.3, -0.25) is 0 Å². The van der Waals surface area contributed by atoms with Gasteiger partial charge in [-0.15, -0.1) is 0 Å². The number of hydrogen-bond donors (Lipinski definition) is 0. The first kappa shape index (κ1) is 14.5. The fourth-order valence-corrected chi connectivity index (χ4v) is 4.97. The van der Waals surface area contributed by atoms with Crippen LogP contribution in [0.15, 0.2) is 35.2 Å². The summed E-state index contributed by atoms with van der Waals surface area (Å²) < 4.78 is 24.5. The summed E-state index contributed by atoms with van der Waals surface area (Å²) in [6, 6.07) is 8.34. The number of rotatable bonds is 4. The molecule has 0 aliphatic carbocycles. The van der Waals surface area contributed by atoms with Gasteiger partial charge < -0.3 is 4.90 Å². The predicted molar refractivity (Wildman–Crippen MR) is 76.7 cm³/mol. The molecule has 0 saturated heterocycles. The summed E-state index contributed by atoms with van der Waals surface area (Å²) in [6.45, 7) is 5.33. The lowest BCUT2D eigenvalue weighted by molar-refractivity contribution is 0.482. The summed E-state index contributed by atoms with van der Waals surface area (Å²) in [5.41, 5.74) is 0. The van der Waals surface area contributed by atoms with Crippen LogP contribution >= 0.6 is 23.0 Å². The molecule has 17 heavy (non-hydrogen) atoms. The van der Waals surface area contributed by atoms with E-state index in [9.17, 15) is 8.42 Å². The average molecular weight is 289 g/mol. The molecule has 6 heteroatoms. The second-order valence-corrected chi connectivity index (χ2v) is 7.68. The molecular formula is C11H15NO2S3. The molecule has 0 atom stereocenters. The lowest BCUT2D eigenvalue weighted by Gasteiger charge is -2.20. The van der Waals surface area contributed by atoms with Crippen LogP contribution in [-0.2, 0) is 8.87 Å². The summed E-state index contributed by atoms with van der Waals surface area (Å²) >= 11 is 5.13. The van der Waals surface area contributed by atoms with Gasteiger partial charge in [0.2, 0.25) is 8.87 Å². The number of benzene rings is 1. The van der Waals surface area contributed by atoms with Gasteiger partial charge in [-0.1, -0.05) is 30.4 Å². The fourth-order valence-electron chi connectivity index (χ4n) is 1.26. The van der Waals surface area contributed by atoms with Crippen LogP contribution in [0.1, 0.15) is 13.8 Å². The van der Waals surface area contributed by atoms with Gasteiger partial charge in [-0.25, -0.2) is 8.42 Å². The molecule has 0 bridgehead atoms. The smallest absolute Gasteiger partial charge is 0.236 e. The molecule has 0 unspecified atom stereocenters. The second kappa shape index (κ2) is 6.37. The first-order valence-electron chi connectivity index (χ1n) is 5.29. The monoisotopic (exact) mass is 289 g/mol. The molecule has 3 nitrogen and oxygen atoms in total. The van der Waals surface area contributed by atoms with Crippen molar-refractivity contribution in [3.8, 4) is 0 Å².